The molecule has 0 atom stereocenters. The van der Waals surface area contributed by atoms with E-state index in [0.29, 0.717) is 28.4 Å². The summed E-state index contributed by atoms with van der Waals surface area (Å²) in [6.45, 7) is 0.179. The highest BCUT2D eigenvalue weighted by Crippen LogP contribution is 2.37. The van der Waals surface area contributed by atoms with Gasteiger partial charge in [0.1, 0.15) is 24.0 Å². The standard InChI is InChI=1S/C36H34FN3O4.ClH/c1-39(2)35(41)25-13-17-31(24-7-6-8-28(37)20-24)27(19-25)22-44-30-15-11-23(12-16-30)34-38-32-21-26(36(42)43)14-18-33(32)40(34)29-9-4-3-5-10-29;/h6-8,11-21,29H,3-5,9-10,22H2,1-2H3,(H,42,43);1H. The lowest BCUT2D eigenvalue weighted by Crippen LogP contribution is -2.21. The molecule has 6 rings (SSSR count). The summed E-state index contributed by atoms with van der Waals surface area (Å²) in [5.41, 5.74) is 5.52. The summed E-state index contributed by atoms with van der Waals surface area (Å²) in [6, 6.07) is 24.9. The molecule has 0 unspecified atom stereocenters. The van der Waals surface area contributed by atoms with Crippen LogP contribution < -0.4 is 4.74 Å². The van der Waals surface area contributed by atoms with Gasteiger partial charge in [0.2, 0.25) is 0 Å². The first kappa shape index (κ1) is 31.7. The molecule has 232 valence electrons. The maximum Gasteiger partial charge on any atom is 0.335 e. The lowest BCUT2D eigenvalue weighted by molar-refractivity contribution is 0.0696. The molecular weight excluding hydrogens is 593 g/mol. The lowest BCUT2D eigenvalue weighted by Gasteiger charge is -2.25. The maximum atomic E-state index is 14.1. The molecule has 1 aliphatic rings. The molecule has 5 aromatic rings. The SMILES string of the molecule is CN(C)C(=O)c1ccc(-c2cccc(F)c2)c(COc2ccc(-c3nc4cc(C(=O)O)ccc4n3C3CCCCC3)cc2)c1.Cl. The van der Waals surface area contributed by atoms with Crippen LogP contribution in [-0.4, -0.2) is 45.5 Å². The minimum Gasteiger partial charge on any atom is -0.489 e. The van der Waals surface area contributed by atoms with Crippen molar-refractivity contribution in [2.24, 2.45) is 0 Å². The third-order valence-corrected chi connectivity index (χ3v) is 8.28. The number of nitrogens with zero attached hydrogens (tertiary/aromatic N) is 3. The van der Waals surface area contributed by atoms with Crippen LogP contribution in [0.4, 0.5) is 4.39 Å². The molecule has 0 saturated heterocycles. The van der Waals surface area contributed by atoms with Gasteiger partial charge in [0, 0.05) is 31.3 Å². The predicted octanol–water partition coefficient (Wildman–Crippen LogP) is 8.42. The maximum absolute atomic E-state index is 14.1. The fourth-order valence-electron chi connectivity index (χ4n) is 6.05. The molecule has 4 aromatic carbocycles. The number of carbonyl (C=O) groups is 2. The van der Waals surface area contributed by atoms with Crippen LogP contribution in [0.25, 0.3) is 33.5 Å². The fraction of sp³-hybridized carbons (Fsp3) is 0.250. The van der Waals surface area contributed by atoms with Crippen LogP contribution in [0.15, 0.2) is 84.9 Å². The number of amides is 1. The first-order chi connectivity index (χ1) is 21.3. The Morgan fingerprint density at radius 1 is 0.911 bits per heavy atom. The number of hydrogen-bond donors (Lipinski definition) is 1. The van der Waals surface area contributed by atoms with Gasteiger partial charge in [-0.25, -0.2) is 14.2 Å². The van der Waals surface area contributed by atoms with Gasteiger partial charge in [-0.05, 0) is 96.3 Å². The highest BCUT2D eigenvalue weighted by atomic mass is 35.5. The van der Waals surface area contributed by atoms with Crippen LogP contribution in [-0.2, 0) is 6.61 Å². The van der Waals surface area contributed by atoms with Crippen molar-refractivity contribution in [3.8, 4) is 28.3 Å². The minimum atomic E-state index is -0.973. The number of benzene rings is 4. The van der Waals surface area contributed by atoms with Crippen molar-refractivity contribution in [1.82, 2.24) is 14.5 Å². The van der Waals surface area contributed by atoms with Gasteiger partial charge in [0.25, 0.3) is 5.91 Å². The normalized spacial score (nSPS) is 13.3. The molecule has 1 fully saturated rings. The lowest BCUT2D eigenvalue weighted by atomic mass is 9.95. The van der Waals surface area contributed by atoms with Crippen molar-refractivity contribution in [3.05, 3.63) is 107 Å². The van der Waals surface area contributed by atoms with Crippen molar-refractivity contribution < 1.29 is 23.8 Å². The largest absolute Gasteiger partial charge is 0.489 e. The number of hydrogen-bond acceptors (Lipinski definition) is 4. The van der Waals surface area contributed by atoms with Gasteiger partial charge in [-0.3, -0.25) is 4.79 Å². The Hall–Kier alpha value is -4.69. The third-order valence-electron chi connectivity index (χ3n) is 8.28. The second-order valence-corrected chi connectivity index (χ2v) is 11.5. The topological polar surface area (TPSA) is 84.7 Å². The summed E-state index contributed by atoms with van der Waals surface area (Å²) in [4.78, 5) is 30.7. The molecule has 0 radical (unpaired) electrons. The zero-order chi connectivity index (χ0) is 30.8. The van der Waals surface area contributed by atoms with Crippen LogP contribution in [0, 0.1) is 5.82 Å². The van der Waals surface area contributed by atoms with E-state index >= 15 is 0 Å². The average molecular weight is 628 g/mol. The number of fused-ring (bicyclic) bond motifs is 1. The van der Waals surface area contributed by atoms with Crippen molar-refractivity contribution >= 4 is 35.3 Å². The summed E-state index contributed by atoms with van der Waals surface area (Å²) >= 11 is 0. The van der Waals surface area contributed by atoms with E-state index in [0.717, 1.165) is 53.7 Å². The highest BCUT2D eigenvalue weighted by Gasteiger charge is 2.23. The minimum absolute atomic E-state index is 0. The van der Waals surface area contributed by atoms with E-state index in [1.54, 1.807) is 44.4 Å². The van der Waals surface area contributed by atoms with E-state index in [-0.39, 0.29) is 36.3 Å². The Labute approximate surface area is 267 Å². The van der Waals surface area contributed by atoms with Gasteiger partial charge in [0.15, 0.2) is 0 Å². The van der Waals surface area contributed by atoms with Gasteiger partial charge in [0.05, 0.1) is 16.6 Å². The van der Waals surface area contributed by atoms with Gasteiger partial charge >= 0.3 is 5.97 Å². The summed E-state index contributed by atoms with van der Waals surface area (Å²) < 4.78 is 22.6. The quantitative estimate of drug-likeness (QED) is 0.187. The Kier molecular flexibility index (Phi) is 9.54. The average Bonchev–Trinajstić information content (AvgIpc) is 3.43. The number of halogens is 2. The number of ether oxygens (including phenoxy) is 1. The van der Waals surface area contributed by atoms with Crippen molar-refractivity contribution in [2.75, 3.05) is 14.1 Å². The molecule has 1 N–H and O–H groups in total. The summed E-state index contributed by atoms with van der Waals surface area (Å²) in [5, 5.41) is 9.53. The number of aromatic nitrogens is 2. The van der Waals surface area contributed by atoms with E-state index in [9.17, 15) is 19.1 Å². The molecule has 7 nitrogen and oxygen atoms in total. The van der Waals surface area contributed by atoms with Crippen LogP contribution in [0.5, 0.6) is 5.75 Å². The van der Waals surface area contributed by atoms with Gasteiger partial charge in [-0.2, -0.15) is 0 Å². The van der Waals surface area contributed by atoms with Crippen LogP contribution in [0.1, 0.15) is 64.4 Å². The van der Waals surface area contributed by atoms with E-state index < -0.39 is 5.97 Å². The molecule has 1 saturated carbocycles. The smallest absolute Gasteiger partial charge is 0.335 e. The number of rotatable bonds is 8. The summed E-state index contributed by atoms with van der Waals surface area (Å²) in [5.74, 6) is 0.00921. The van der Waals surface area contributed by atoms with Crippen molar-refractivity contribution in [1.29, 1.82) is 0 Å². The molecule has 45 heavy (non-hydrogen) atoms. The van der Waals surface area contributed by atoms with Crippen molar-refractivity contribution in [3.63, 3.8) is 0 Å². The van der Waals surface area contributed by atoms with Crippen molar-refractivity contribution in [2.45, 2.75) is 44.8 Å². The van der Waals surface area contributed by atoms with Gasteiger partial charge < -0.3 is 19.3 Å². The number of carboxylic acid groups (broad SMARTS) is 1. The summed E-state index contributed by atoms with van der Waals surface area (Å²) in [7, 11) is 3.41. The third kappa shape index (κ3) is 6.71. The number of carboxylic acids is 1. The Balaban J connectivity index is 0.00000400. The molecule has 1 amide bonds. The zero-order valence-corrected chi connectivity index (χ0v) is 26.0. The molecule has 1 aliphatic carbocycles. The first-order valence-electron chi connectivity index (χ1n) is 14.9. The second kappa shape index (κ2) is 13.5. The number of carbonyl (C=O) groups excluding carboxylic acids is 1. The van der Waals surface area contributed by atoms with E-state index in [4.69, 9.17) is 9.72 Å². The molecule has 1 aromatic heterocycles. The molecule has 0 aliphatic heterocycles. The first-order valence-corrected chi connectivity index (χ1v) is 14.9. The number of aromatic carboxylic acids is 1. The molecule has 1 heterocycles. The molecule has 0 spiro atoms. The van der Waals surface area contributed by atoms with Gasteiger partial charge in [-0.1, -0.05) is 37.5 Å². The van der Waals surface area contributed by atoms with Gasteiger partial charge in [-0.15, -0.1) is 12.4 Å². The highest BCUT2D eigenvalue weighted by molar-refractivity contribution is 5.95. The molecular formula is C36H35ClFN3O4. The number of imidazole rings is 1. The van der Waals surface area contributed by atoms with Crippen LogP contribution in [0.2, 0.25) is 0 Å². The van der Waals surface area contributed by atoms with E-state index in [1.807, 2.05) is 42.5 Å². The Morgan fingerprint density at radius 2 is 1.64 bits per heavy atom. The van der Waals surface area contributed by atoms with E-state index in [2.05, 4.69) is 4.57 Å². The Bertz CT molecular complexity index is 1850. The summed E-state index contributed by atoms with van der Waals surface area (Å²) in [6.07, 6.45) is 5.65. The van der Waals surface area contributed by atoms with Crippen LogP contribution >= 0.6 is 12.4 Å². The molecule has 0 bridgehead atoms. The van der Waals surface area contributed by atoms with E-state index in [1.165, 1.54) is 23.5 Å². The zero-order valence-electron chi connectivity index (χ0n) is 25.2. The predicted molar refractivity (Wildman–Crippen MR) is 176 cm³/mol. The Morgan fingerprint density at radius 3 is 2.33 bits per heavy atom. The molecule has 9 heteroatoms. The second-order valence-electron chi connectivity index (χ2n) is 11.5. The van der Waals surface area contributed by atoms with Crippen LogP contribution in [0.3, 0.4) is 0 Å². The fourth-order valence-corrected chi connectivity index (χ4v) is 6.05. The monoisotopic (exact) mass is 627 g/mol.